The van der Waals surface area contributed by atoms with Gasteiger partial charge in [-0.15, -0.1) is 6.58 Å². The lowest BCUT2D eigenvalue weighted by Crippen LogP contribution is -2.42. The van der Waals surface area contributed by atoms with Gasteiger partial charge in [-0.1, -0.05) is 12.1 Å². The maximum absolute atomic E-state index is 11.3. The molecule has 1 aliphatic heterocycles. The van der Waals surface area contributed by atoms with E-state index in [0.29, 0.717) is 11.4 Å². The van der Waals surface area contributed by atoms with Gasteiger partial charge in [-0.3, -0.25) is 4.90 Å². The van der Waals surface area contributed by atoms with Gasteiger partial charge in [0.05, 0.1) is 19.0 Å². The van der Waals surface area contributed by atoms with E-state index < -0.39 is 9.84 Å². The van der Waals surface area contributed by atoms with Crippen molar-refractivity contribution in [3.8, 4) is 5.88 Å². The summed E-state index contributed by atoms with van der Waals surface area (Å²) >= 11 is 0. The summed E-state index contributed by atoms with van der Waals surface area (Å²) in [6.45, 7) is 7.93. The molecule has 2 heterocycles. The topological polar surface area (TPSA) is 68.7 Å². The van der Waals surface area contributed by atoms with Crippen LogP contribution in [0.15, 0.2) is 31.0 Å². The van der Waals surface area contributed by atoms with Crippen LogP contribution < -0.4 is 4.74 Å². The van der Waals surface area contributed by atoms with E-state index in [1.807, 2.05) is 6.08 Å². The highest BCUT2D eigenvalue weighted by atomic mass is 32.2. The number of allylic oxidation sites excluding steroid dienone is 1. The molecule has 1 atom stereocenters. The Kier molecular flexibility index (Phi) is 7.20. The summed E-state index contributed by atoms with van der Waals surface area (Å²) in [5.74, 6) is 0.517. The minimum absolute atomic E-state index is 0.00600. The molecule has 0 spiro atoms. The lowest BCUT2D eigenvalue weighted by molar-refractivity contribution is 0.0174. The number of rotatable bonds is 9. The fourth-order valence-corrected chi connectivity index (χ4v) is 3.38. The molecule has 134 valence electrons. The van der Waals surface area contributed by atoms with Gasteiger partial charge in [0.1, 0.15) is 6.10 Å². The third-order valence-corrected chi connectivity index (χ3v) is 4.63. The highest BCUT2D eigenvalue weighted by Gasteiger charge is 2.18. The van der Waals surface area contributed by atoms with Crippen molar-refractivity contribution in [3.05, 3.63) is 36.5 Å². The normalized spacial score (nSPS) is 17.4. The number of pyridine rings is 1. The molecule has 0 aliphatic carbocycles. The van der Waals surface area contributed by atoms with Gasteiger partial charge >= 0.3 is 0 Å². The SMILES string of the molecule is C=CCC[C@H](CN1CCOCC1)Oc1ccc(CS(C)(=O)=O)cn1. The Morgan fingerprint density at radius 1 is 1.42 bits per heavy atom. The Labute approximate surface area is 144 Å². The molecule has 1 saturated heterocycles. The van der Waals surface area contributed by atoms with Crippen LogP contribution in [0.5, 0.6) is 5.88 Å². The van der Waals surface area contributed by atoms with Crippen LogP contribution >= 0.6 is 0 Å². The van der Waals surface area contributed by atoms with Gasteiger partial charge < -0.3 is 9.47 Å². The Hall–Kier alpha value is -1.44. The van der Waals surface area contributed by atoms with E-state index in [1.165, 1.54) is 6.26 Å². The molecule has 1 fully saturated rings. The van der Waals surface area contributed by atoms with Crippen LogP contribution in [0.25, 0.3) is 0 Å². The molecule has 0 unspecified atom stereocenters. The third kappa shape index (κ3) is 6.98. The molecule has 7 heteroatoms. The van der Waals surface area contributed by atoms with Gasteiger partial charge in [0, 0.05) is 38.2 Å². The Bertz CT molecular complexity index is 610. The number of nitrogens with zero attached hydrogens (tertiary/aromatic N) is 2. The van der Waals surface area contributed by atoms with Crippen LogP contribution in [0.4, 0.5) is 0 Å². The zero-order valence-electron chi connectivity index (χ0n) is 14.2. The molecule has 24 heavy (non-hydrogen) atoms. The number of hydrogen-bond acceptors (Lipinski definition) is 6. The molecule has 0 saturated carbocycles. The molecule has 1 aromatic rings. The number of sulfone groups is 1. The van der Waals surface area contributed by atoms with Gasteiger partial charge in [-0.2, -0.15) is 0 Å². The van der Waals surface area contributed by atoms with E-state index in [1.54, 1.807) is 18.3 Å². The van der Waals surface area contributed by atoms with Crippen LogP contribution in [0.3, 0.4) is 0 Å². The molecule has 0 aromatic carbocycles. The second-order valence-electron chi connectivity index (χ2n) is 6.09. The Morgan fingerprint density at radius 3 is 2.75 bits per heavy atom. The smallest absolute Gasteiger partial charge is 0.213 e. The highest BCUT2D eigenvalue weighted by molar-refractivity contribution is 7.89. The van der Waals surface area contributed by atoms with Gasteiger partial charge in [0.15, 0.2) is 9.84 Å². The van der Waals surface area contributed by atoms with Gasteiger partial charge in [0.25, 0.3) is 0 Å². The van der Waals surface area contributed by atoms with Crippen molar-refractivity contribution in [2.24, 2.45) is 0 Å². The van der Waals surface area contributed by atoms with Crippen molar-refractivity contribution in [1.29, 1.82) is 0 Å². The van der Waals surface area contributed by atoms with Crippen LogP contribution in [0.2, 0.25) is 0 Å². The minimum atomic E-state index is -3.05. The largest absolute Gasteiger partial charge is 0.473 e. The predicted octanol–water partition coefficient (Wildman–Crippen LogP) is 1.67. The maximum Gasteiger partial charge on any atom is 0.213 e. The van der Waals surface area contributed by atoms with E-state index in [-0.39, 0.29) is 11.9 Å². The fourth-order valence-electron chi connectivity index (χ4n) is 2.60. The summed E-state index contributed by atoms with van der Waals surface area (Å²) in [5.41, 5.74) is 0.667. The summed E-state index contributed by atoms with van der Waals surface area (Å²) in [7, 11) is -3.05. The van der Waals surface area contributed by atoms with E-state index in [2.05, 4.69) is 16.5 Å². The first-order valence-corrected chi connectivity index (χ1v) is 10.2. The quantitative estimate of drug-likeness (QED) is 0.629. The van der Waals surface area contributed by atoms with E-state index in [4.69, 9.17) is 9.47 Å². The molecular formula is C17H26N2O4S. The van der Waals surface area contributed by atoms with Crippen molar-refractivity contribution in [2.45, 2.75) is 24.7 Å². The summed E-state index contributed by atoms with van der Waals surface area (Å²) in [6.07, 6.45) is 6.43. The lowest BCUT2D eigenvalue weighted by atomic mass is 10.1. The Morgan fingerprint density at radius 2 is 2.17 bits per heavy atom. The van der Waals surface area contributed by atoms with Crippen LogP contribution in [-0.4, -0.2) is 63.5 Å². The molecule has 2 rings (SSSR count). The molecule has 0 radical (unpaired) electrons. The monoisotopic (exact) mass is 354 g/mol. The second-order valence-corrected chi connectivity index (χ2v) is 8.23. The molecule has 1 aromatic heterocycles. The van der Waals surface area contributed by atoms with Crippen molar-refractivity contribution in [2.75, 3.05) is 39.1 Å². The average molecular weight is 354 g/mol. The highest BCUT2D eigenvalue weighted by Crippen LogP contribution is 2.15. The van der Waals surface area contributed by atoms with E-state index >= 15 is 0 Å². The predicted molar refractivity (Wildman–Crippen MR) is 93.9 cm³/mol. The Balaban J connectivity index is 1.95. The van der Waals surface area contributed by atoms with Crippen molar-refractivity contribution >= 4 is 9.84 Å². The maximum atomic E-state index is 11.3. The molecular weight excluding hydrogens is 328 g/mol. The first kappa shape index (κ1) is 18.9. The summed E-state index contributed by atoms with van der Waals surface area (Å²) in [5, 5.41) is 0. The van der Waals surface area contributed by atoms with Crippen LogP contribution in [-0.2, 0) is 20.3 Å². The van der Waals surface area contributed by atoms with Crippen molar-refractivity contribution in [1.82, 2.24) is 9.88 Å². The van der Waals surface area contributed by atoms with E-state index in [9.17, 15) is 8.42 Å². The second kappa shape index (κ2) is 9.15. The summed E-state index contributed by atoms with van der Waals surface area (Å²) in [6, 6.07) is 3.49. The van der Waals surface area contributed by atoms with Crippen LogP contribution in [0, 0.1) is 0 Å². The van der Waals surface area contributed by atoms with Gasteiger partial charge in [0.2, 0.25) is 5.88 Å². The molecule has 6 nitrogen and oxygen atoms in total. The minimum Gasteiger partial charge on any atom is -0.473 e. The zero-order chi connectivity index (χ0) is 17.4. The first-order valence-electron chi connectivity index (χ1n) is 8.16. The average Bonchev–Trinajstić information content (AvgIpc) is 2.54. The van der Waals surface area contributed by atoms with Crippen LogP contribution in [0.1, 0.15) is 18.4 Å². The van der Waals surface area contributed by atoms with Crippen molar-refractivity contribution < 1.29 is 17.9 Å². The number of hydrogen-bond donors (Lipinski definition) is 0. The van der Waals surface area contributed by atoms with Gasteiger partial charge in [-0.25, -0.2) is 13.4 Å². The van der Waals surface area contributed by atoms with Crippen molar-refractivity contribution in [3.63, 3.8) is 0 Å². The summed E-state index contributed by atoms with van der Waals surface area (Å²) in [4.78, 5) is 6.58. The lowest BCUT2D eigenvalue weighted by Gasteiger charge is -2.30. The van der Waals surface area contributed by atoms with Gasteiger partial charge in [-0.05, 0) is 18.4 Å². The molecule has 0 amide bonds. The molecule has 1 aliphatic rings. The van der Waals surface area contributed by atoms with E-state index in [0.717, 1.165) is 45.7 Å². The standard InChI is InChI=1S/C17H26N2O4S/c1-3-4-5-16(13-19-8-10-22-11-9-19)23-17-7-6-15(12-18-17)14-24(2,20)21/h3,6-7,12,16H,1,4-5,8-11,13-14H2,2H3/t16-/m1/s1. The number of morpholine rings is 1. The number of ether oxygens (including phenoxy) is 2. The summed E-state index contributed by atoms with van der Waals surface area (Å²) < 4.78 is 34.0. The fraction of sp³-hybridized carbons (Fsp3) is 0.588. The molecule has 0 N–H and O–H groups in total. The molecule has 0 bridgehead atoms. The number of aromatic nitrogens is 1. The first-order chi connectivity index (χ1) is 11.5. The third-order valence-electron chi connectivity index (χ3n) is 3.77. The zero-order valence-corrected chi connectivity index (χ0v) is 15.0.